The van der Waals surface area contributed by atoms with Gasteiger partial charge in [0, 0.05) is 25.4 Å². The Morgan fingerprint density at radius 1 is 1.44 bits per heavy atom. The Bertz CT molecular complexity index is 745. The van der Waals surface area contributed by atoms with Gasteiger partial charge >= 0.3 is 6.03 Å². The molecule has 2 aromatic heterocycles. The molecular weight excluding hydrogens is 316 g/mol. The van der Waals surface area contributed by atoms with Crippen LogP contribution in [0.4, 0.5) is 10.6 Å². The van der Waals surface area contributed by atoms with Crippen LogP contribution in [0.5, 0.6) is 0 Å². The number of carbonyl (C=O) groups is 1. The lowest BCUT2D eigenvalue weighted by atomic mass is 10.1. The minimum atomic E-state index is -0.138. The van der Waals surface area contributed by atoms with Crippen LogP contribution in [0.15, 0.2) is 6.07 Å². The Hall–Kier alpha value is -2.31. The number of H-pyrrole nitrogens is 1. The smallest absolute Gasteiger partial charge is 0.322 e. The van der Waals surface area contributed by atoms with Crippen molar-refractivity contribution in [3.8, 4) is 0 Å². The van der Waals surface area contributed by atoms with Crippen molar-refractivity contribution < 1.29 is 4.79 Å². The van der Waals surface area contributed by atoms with Crippen LogP contribution >= 0.6 is 0 Å². The Labute approximate surface area is 148 Å². The van der Waals surface area contributed by atoms with E-state index in [4.69, 9.17) is 0 Å². The van der Waals surface area contributed by atoms with Crippen LogP contribution in [-0.2, 0) is 25.9 Å². The van der Waals surface area contributed by atoms with E-state index in [2.05, 4.69) is 34.5 Å². The fourth-order valence-corrected chi connectivity index (χ4v) is 3.22. The van der Waals surface area contributed by atoms with E-state index in [-0.39, 0.29) is 6.03 Å². The van der Waals surface area contributed by atoms with Crippen LogP contribution in [0.3, 0.4) is 0 Å². The van der Waals surface area contributed by atoms with Gasteiger partial charge in [0.1, 0.15) is 5.82 Å². The van der Waals surface area contributed by atoms with E-state index in [1.807, 2.05) is 17.7 Å². The Morgan fingerprint density at radius 3 is 3.00 bits per heavy atom. The summed E-state index contributed by atoms with van der Waals surface area (Å²) in [6.07, 6.45) is 4.31. The van der Waals surface area contributed by atoms with Crippen LogP contribution in [-0.4, -0.2) is 38.0 Å². The van der Waals surface area contributed by atoms with Gasteiger partial charge in [-0.05, 0) is 44.1 Å². The second-order valence-electron chi connectivity index (χ2n) is 7.34. The number of hydrogen-bond acceptors (Lipinski definition) is 3. The van der Waals surface area contributed by atoms with Crippen LogP contribution in [0.1, 0.15) is 49.3 Å². The molecule has 0 bridgehead atoms. The zero-order valence-electron chi connectivity index (χ0n) is 15.6. The van der Waals surface area contributed by atoms with Gasteiger partial charge in [0.2, 0.25) is 0 Å². The number of fused-ring (bicyclic) bond motifs is 1. The number of rotatable bonds is 6. The van der Waals surface area contributed by atoms with E-state index >= 15 is 0 Å². The summed E-state index contributed by atoms with van der Waals surface area (Å²) in [6, 6.07) is 1.78. The fraction of sp³-hybridized carbons (Fsp3) is 0.611. The number of anilines is 1. The maximum atomic E-state index is 12.6. The van der Waals surface area contributed by atoms with E-state index in [9.17, 15) is 4.79 Å². The zero-order valence-corrected chi connectivity index (χ0v) is 15.6. The van der Waals surface area contributed by atoms with Crippen molar-refractivity contribution in [2.24, 2.45) is 5.92 Å². The summed E-state index contributed by atoms with van der Waals surface area (Å²) in [4.78, 5) is 14.2. The van der Waals surface area contributed by atoms with Crippen LogP contribution in [0, 0.1) is 12.8 Å². The van der Waals surface area contributed by atoms with Crippen molar-refractivity contribution >= 4 is 11.8 Å². The molecule has 25 heavy (non-hydrogen) atoms. The van der Waals surface area contributed by atoms with Gasteiger partial charge in [0.15, 0.2) is 0 Å². The lowest BCUT2D eigenvalue weighted by Crippen LogP contribution is -2.32. The topological polar surface area (TPSA) is 78.8 Å². The molecule has 2 aromatic rings. The molecule has 0 saturated carbocycles. The molecule has 7 heteroatoms. The molecule has 3 rings (SSSR count). The molecule has 0 atom stereocenters. The molecule has 2 heterocycles. The number of nitrogens with zero attached hydrogens (tertiary/aromatic N) is 4. The molecule has 1 aliphatic carbocycles. The monoisotopic (exact) mass is 344 g/mol. The van der Waals surface area contributed by atoms with Gasteiger partial charge in [0.25, 0.3) is 0 Å². The van der Waals surface area contributed by atoms with E-state index in [1.165, 1.54) is 17.7 Å². The van der Waals surface area contributed by atoms with Crippen molar-refractivity contribution in [1.82, 2.24) is 24.9 Å². The van der Waals surface area contributed by atoms with Gasteiger partial charge in [-0.2, -0.15) is 10.2 Å². The number of aromatic nitrogens is 4. The number of carbonyl (C=O) groups excluding carboxylic acids is 1. The summed E-state index contributed by atoms with van der Waals surface area (Å²) in [7, 11) is 1.80. The van der Waals surface area contributed by atoms with Gasteiger partial charge in [-0.1, -0.05) is 13.8 Å². The molecular formula is C18H28N6O. The van der Waals surface area contributed by atoms with E-state index in [0.717, 1.165) is 43.0 Å². The lowest BCUT2D eigenvalue weighted by Gasteiger charge is -2.18. The zero-order chi connectivity index (χ0) is 18.0. The van der Waals surface area contributed by atoms with Gasteiger partial charge in [-0.3, -0.25) is 10.4 Å². The molecule has 2 N–H and O–H groups in total. The Balaban J connectivity index is 1.63. The molecule has 0 saturated heterocycles. The minimum absolute atomic E-state index is 0.138. The Morgan fingerprint density at radius 2 is 2.24 bits per heavy atom. The first kappa shape index (κ1) is 17.5. The largest absolute Gasteiger partial charge is 0.323 e. The van der Waals surface area contributed by atoms with Gasteiger partial charge in [0.05, 0.1) is 17.9 Å². The summed E-state index contributed by atoms with van der Waals surface area (Å²) in [5, 5.41) is 14.9. The Kier molecular flexibility index (Phi) is 5.11. The van der Waals surface area contributed by atoms with Crippen molar-refractivity contribution in [2.45, 2.75) is 59.5 Å². The highest BCUT2D eigenvalue weighted by atomic mass is 16.2. The fourth-order valence-electron chi connectivity index (χ4n) is 3.22. The molecule has 136 valence electrons. The minimum Gasteiger partial charge on any atom is -0.322 e. The van der Waals surface area contributed by atoms with E-state index in [1.54, 1.807) is 11.9 Å². The maximum absolute atomic E-state index is 12.6. The lowest BCUT2D eigenvalue weighted by molar-refractivity contribution is 0.220. The summed E-state index contributed by atoms with van der Waals surface area (Å²) >= 11 is 0. The quantitative estimate of drug-likeness (QED) is 0.845. The average molecular weight is 344 g/mol. The number of amides is 2. The average Bonchev–Trinajstić information content (AvgIpc) is 3.23. The first-order chi connectivity index (χ1) is 11.9. The van der Waals surface area contributed by atoms with Gasteiger partial charge in [-0.15, -0.1) is 0 Å². The highest BCUT2D eigenvalue weighted by Gasteiger charge is 2.21. The number of hydrogen-bond donors (Lipinski definition) is 2. The van der Waals surface area contributed by atoms with E-state index < -0.39 is 0 Å². The predicted octanol–water partition coefficient (Wildman–Crippen LogP) is 3.11. The first-order valence-electron chi connectivity index (χ1n) is 9.05. The summed E-state index contributed by atoms with van der Waals surface area (Å²) < 4.78 is 1.88. The van der Waals surface area contributed by atoms with Gasteiger partial charge in [-0.25, -0.2) is 9.48 Å². The second-order valence-corrected chi connectivity index (χ2v) is 7.34. The molecule has 0 spiro atoms. The molecule has 2 amide bonds. The summed E-state index contributed by atoms with van der Waals surface area (Å²) in [6.45, 7) is 7.63. The molecule has 7 nitrogen and oxygen atoms in total. The summed E-state index contributed by atoms with van der Waals surface area (Å²) in [5.74, 6) is 1.35. The first-order valence-corrected chi connectivity index (χ1v) is 9.05. The highest BCUT2D eigenvalue weighted by Crippen LogP contribution is 2.23. The summed E-state index contributed by atoms with van der Waals surface area (Å²) in [5.41, 5.74) is 4.41. The number of aromatic amines is 1. The molecule has 0 aromatic carbocycles. The molecule has 0 aliphatic heterocycles. The SMILES string of the molecule is Cc1cc(NC(=O)N(C)Cc2n[nH]c3c2CCC3)n(CCC(C)C)n1. The molecule has 0 unspecified atom stereocenters. The van der Waals surface area contributed by atoms with Gasteiger partial charge < -0.3 is 4.90 Å². The van der Waals surface area contributed by atoms with Crippen LogP contribution < -0.4 is 5.32 Å². The number of nitrogens with one attached hydrogen (secondary N) is 2. The third-order valence-electron chi connectivity index (χ3n) is 4.68. The van der Waals surface area contributed by atoms with Crippen LogP contribution in [0.2, 0.25) is 0 Å². The number of aryl methyl sites for hydroxylation is 3. The molecule has 1 aliphatic rings. The van der Waals surface area contributed by atoms with Crippen LogP contribution in [0.25, 0.3) is 0 Å². The normalized spacial score (nSPS) is 13.3. The van der Waals surface area contributed by atoms with Crippen molar-refractivity contribution in [2.75, 3.05) is 12.4 Å². The van der Waals surface area contributed by atoms with Crippen molar-refractivity contribution in [3.05, 3.63) is 28.7 Å². The highest BCUT2D eigenvalue weighted by molar-refractivity contribution is 5.88. The third-order valence-corrected chi connectivity index (χ3v) is 4.68. The standard InChI is InChI=1S/C18H28N6O/c1-12(2)8-9-24-17(10-13(3)22-24)19-18(25)23(4)11-16-14-6-5-7-15(14)20-21-16/h10,12H,5-9,11H2,1-4H3,(H,19,25)(H,20,21). The number of urea groups is 1. The molecule has 0 radical (unpaired) electrons. The maximum Gasteiger partial charge on any atom is 0.323 e. The van der Waals surface area contributed by atoms with Crippen molar-refractivity contribution in [3.63, 3.8) is 0 Å². The van der Waals surface area contributed by atoms with E-state index in [0.29, 0.717) is 12.5 Å². The predicted molar refractivity (Wildman–Crippen MR) is 97.5 cm³/mol. The second kappa shape index (κ2) is 7.29. The third kappa shape index (κ3) is 4.03. The van der Waals surface area contributed by atoms with Crippen molar-refractivity contribution in [1.29, 1.82) is 0 Å². The molecule has 0 fully saturated rings.